The zero-order valence-corrected chi connectivity index (χ0v) is 9.69. The number of hydrogen-bond donors (Lipinski definition) is 3. The lowest BCUT2D eigenvalue weighted by atomic mass is 10.2. The predicted octanol–water partition coefficient (Wildman–Crippen LogP) is 0.567. The molecule has 0 bridgehead atoms. The minimum absolute atomic E-state index is 0.122. The van der Waals surface area contributed by atoms with E-state index in [1.54, 1.807) is 6.92 Å². The molecule has 9 heteroatoms. The first kappa shape index (κ1) is 13.2. The Morgan fingerprint density at radius 3 is 2.65 bits per heavy atom. The van der Waals surface area contributed by atoms with Crippen molar-refractivity contribution in [1.82, 2.24) is 4.72 Å². The van der Waals surface area contributed by atoms with E-state index >= 15 is 0 Å². The maximum Gasteiger partial charge on any atom is 0.299 e. The van der Waals surface area contributed by atoms with E-state index in [9.17, 15) is 23.6 Å². The standard InChI is InChI=1S/C8H11N3O5S/c1-2-9-17(15,16)10-8-6(11(13)14)4-3-5-7(8)12/h3-5,9-10,12H,2H2,1H3. The molecule has 0 radical (unpaired) electrons. The molecule has 94 valence electrons. The number of phenolic OH excluding ortho intramolecular Hbond substituents is 1. The fourth-order valence-corrected chi connectivity index (χ4v) is 2.08. The number of nitrogens with one attached hydrogen (secondary N) is 2. The molecule has 1 aromatic carbocycles. The molecule has 0 aliphatic heterocycles. The highest BCUT2D eigenvalue weighted by Crippen LogP contribution is 2.33. The number of aromatic hydroxyl groups is 1. The van der Waals surface area contributed by atoms with Crippen molar-refractivity contribution in [1.29, 1.82) is 0 Å². The Balaban J connectivity index is 3.18. The Labute approximate surface area is 97.6 Å². The fraction of sp³-hybridized carbons (Fsp3) is 0.250. The second-order valence-corrected chi connectivity index (χ2v) is 4.53. The largest absolute Gasteiger partial charge is 0.505 e. The van der Waals surface area contributed by atoms with Gasteiger partial charge in [0.15, 0.2) is 5.69 Å². The van der Waals surface area contributed by atoms with Crippen LogP contribution in [0.5, 0.6) is 5.75 Å². The van der Waals surface area contributed by atoms with Crippen molar-refractivity contribution in [3.8, 4) is 5.75 Å². The van der Waals surface area contributed by atoms with Crippen LogP contribution in [0.15, 0.2) is 18.2 Å². The van der Waals surface area contributed by atoms with Crippen molar-refractivity contribution in [2.45, 2.75) is 6.92 Å². The summed E-state index contributed by atoms with van der Waals surface area (Å²) in [6.45, 7) is 1.68. The van der Waals surface area contributed by atoms with Gasteiger partial charge in [0.25, 0.3) is 15.9 Å². The smallest absolute Gasteiger partial charge is 0.299 e. The van der Waals surface area contributed by atoms with E-state index in [4.69, 9.17) is 0 Å². The third kappa shape index (κ3) is 3.29. The number of rotatable bonds is 5. The molecule has 8 nitrogen and oxygen atoms in total. The van der Waals surface area contributed by atoms with Gasteiger partial charge in [-0.3, -0.25) is 14.8 Å². The molecule has 3 N–H and O–H groups in total. The molecule has 0 heterocycles. The summed E-state index contributed by atoms with van der Waals surface area (Å²) in [5, 5.41) is 20.1. The number of nitrogens with zero attached hydrogens (tertiary/aromatic N) is 1. The summed E-state index contributed by atoms with van der Waals surface area (Å²) in [5.74, 6) is -0.513. The van der Waals surface area contributed by atoms with Crippen LogP contribution in [0.25, 0.3) is 0 Å². The van der Waals surface area contributed by atoms with Crippen molar-refractivity contribution in [2.75, 3.05) is 11.3 Å². The summed E-state index contributed by atoms with van der Waals surface area (Å²) < 4.78 is 26.7. The molecular weight excluding hydrogens is 250 g/mol. The van der Waals surface area contributed by atoms with Crippen LogP contribution in [0, 0.1) is 10.1 Å². The molecule has 0 saturated heterocycles. The molecule has 0 atom stereocenters. The quantitative estimate of drug-likeness (QED) is 0.406. The van der Waals surface area contributed by atoms with Gasteiger partial charge in [0.2, 0.25) is 0 Å². The number of nitro benzene ring substituents is 1. The van der Waals surface area contributed by atoms with Crippen LogP contribution >= 0.6 is 0 Å². The molecule has 0 aliphatic rings. The topological polar surface area (TPSA) is 122 Å². The van der Waals surface area contributed by atoms with Crippen LogP contribution in [0.4, 0.5) is 11.4 Å². The van der Waals surface area contributed by atoms with Gasteiger partial charge < -0.3 is 5.11 Å². The summed E-state index contributed by atoms with van der Waals surface area (Å²) in [7, 11) is -3.93. The third-order valence-corrected chi connectivity index (χ3v) is 2.93. The second-order valence-electron chi connectivity index (χ2n) is 3.03. The van der Waals surface area contributed by atoms with Gasteiger partial charge >= 0.3 is 0 Å². The lowest BCUT2D eigenvalue weighted by molar-refractivity contribution is -0.383. The monoisotopic (exact) mass is 261 g/mol. The molecule has 0 unspecified atom stereocenters. The highest BCUT2D eigenvalue weighted by atomic mass is 32.2. The molecule has 17 heavy (non-hydrogen) atoms. The van der Waals surface area contributed by atoms with Crippen LogP contribution < -0.4 is 9.44 Å². The Bertz CT molecular complexity index is 528. The van der Waals surface area contributed by atoms with E-state index in [0.29, 0.717) is 0 Å². The van der Waals surface area contributed by atoms with Crippen molar-refractivity contribution in [3.05, 3.63) is 28.3 Å². The summed E-state index contributed by atoms with van der Waals surface area (Å²) in [6, 6.07) is 3.48. The minimum Gasteiger partial charge on any atom is -0.505 e. The molecule has 0 aromatic heterocycles. The fourth-order valence-electron chi connectivity index (χ4n) is 1.15. The van der Waals surface area contributed by atoms with E-state index in [-0.39, 0.29) is 6.54 Å². The van der Waals surface area contributed by atoms with E-state index in [2.05, 4.69) is 4.72 Å². The molecule has 1 rings (SSSR count). The average Bonchev–Trinajstić information content (AvgIpc) is 2.20. The maximum atomic E-state index is 11.4. The number of anilines is 1. The highest BCUT2D eigenvalue weighted by molar-refractivity contribution is 7.90. The number of benzene rings is 1. The number of phenols is 1. The highest BCUT2D eigenvalue weighted by Gasteiger charge is 2.21. The molecule has 1 aromatic rings. The lowest BCUT2D eigenvalue weighted by Gasteiger charge is -2.09. The zero-order chi connectivity index (χ0) is 13.1. The van der Waals surface area contributed by atoms with Crippen LogP contribution in [0.3, 0.4) is 0 Å². The van der Waals surface area contributed by atoms with Gasteiger partial charge in [-0.05, 0) is 6.07 Å². The first-order valence-corrected chi connectivity index (χ1v) is 6.09. The van der Waals surface area contributed by atoms with Crippen molar-refractivity contribution in [3.63, 3.8) is 0 Å². The van der Waals surface area contributed by atoms with Gasteiger partial charge in [0.1, 0.15) is 5.75 Å². The Morgan fingerprint density at radius 1 is 1.47 bits per heavy atom. The zero-order valence-electron chi connectivity index (χ0n) is 8.87. The summed E-state index contributed by atoms with van der Waals surface area (Å²) in [4.78, 5) is 9.87. The molecule has 0 fully saturated rings. The van der Waals surface area contributed by atoms with Gasteiger partial charge in [-0.25, -0.2) is 0 Å². The summed E-state index contributed by atoms with van der Waals surface area (Å²) in [5.41, 5.74) is -0.982. The van der Waals surface area contributed by atoms with Crippen molar-refractivity contribution in [2.24, 2.45) is 0 Å². The summed E-state index contributed by atoms with van der Waals surface area (Å²) in [6.07, 6.45) is 0. The molecule has 0 saturated carbocycles. The van der Waals surface area contributed by atoms with Gasteiger partial charge in [-0.2, -0.15) is 13.1 Å². The Hall–Kier alpha value is -1.87. The molecule has 0 aliphatic carbocycles. The van der Waals surface area contributed by atoms with E-state index in [1.807, 2.05) is 4.72 Å². The third-order valence-electron chi connectivity index (χ3n) is 1.79. The van der Waals surface area contributed by atoms with Gasteiger partial charge in [-0.1, -0.05) is 13.0 Å². The van der Waals surface area contributed by atoms with E-state index in [1.165, 1.54) is 6.07 Å². The second kappa shape index (κ2) is 4.97. The van der Waals surface area contributed by atoms with E-state index < -0.39 is 32.3 Å². The van der Waals surface area contributed by atoms with Crippen LogP contribution in [-0.4, -0.2) is 25.0 Å². The lowest BCUT2D eigenvalue weighted by Crippen LogP contribution is -2.30. The first-order chi connectivity index (χ1) is 7.87. The number of para-hydroxylation sites is 1. The minimum atomic E-state index is -3.93. The first-order valence-electron chi connectivity index (χ1n) is 4.61. The maximum absolute atomic E-state index is 11.4. The van der Waals surface area contributed by atoms with Crippen LogP contribution in [0.1, 0.15) is 6.92 Å². The van der Waals surface area contributed by atoms with Crippen LogP contribution in [0.2, 0.25) is 0 Å². The van der Waals surface area contributed by atoms with Crippen molar-refractivity contribution >= 4 is 21.6 Å². The molecular formula is C8H11N3O5S. The molecule has 0 amide bonds. The van der Waals surface area contributed by atoms with E-state index in [0.717, 1.165) is 12.1 Å². The SMILES string of the molecule is CCNS(=O)(=O)Nc1c(O)cccc1[N+](=O)[O-]. The normalized spacial score (nSPS) is 11.1. The number of hydrogen-bond acceptors (Lipinski definition) is 5. The Kier molecular flexibility index (Phi) is 3.86. The number of nitro groups is 1. The Morgan fingerprint density at radius 2 is 2.12 bits per heavy atom. The summed E-state index contributed by atoms with van der Waals surface area (Å²) >= 11 is 0. The van der Waals surface area contributed by atoms with Gasteiger partial charge in [0, 0.05) is 12.6 Å². The predicted molar refractivity (Wildman–Crippen MR) is 61.0 cm³/mol. The van der Waals surface area contributed by atoms with Crippen molar-refractivity contribution < 1.29 is 18.4 Å². The van der Waals surface area contributed by atoms with Gasteiger partial charge in [0.05, 0.1) is 4.92 Å². The van der Waals surface area contributed by atoms with Gasteiger partial charge in [-0.15, -0.1) is 0 Å². The molecule has 0 spiro atoms. The van der Waals surface area contributed by atoms with Crippen LogP contribution in [-0.2, 0) is 10.2 Å². The average molecular weight is 261 g/mol.